The van der Waals surface area contributed by atoms with E-state index in [1.807, 2.05) is 0 Å². The number of nitrogens with zero attached hydrogens (tertiary/aromatic N) is 2. The zero-order chi connectivity index (χ0) is 17.0. The van der Waals surface area contributed by atoms with E-state index in [9.17, 15) is 4.79 Å². The van der Waals surface area contributed by atoms with Gasteiger partial charge in [0.25, 0.3) is 5.91 Å². The zero-order valence-corrected chi connectivity index (χ0v) is 13.8. The largest absolute Gasteiger partial charge is 0.495 e. The molecule has 1 amide bonds. The third kappa shape index (κ3) is 3.93. The fourth-order valence-corrected chi connectivity index (χ4v) is 1.99. The van der Waals surface area contributed by atoms with E-state index in [1.54, 1.807) is 38.4 Å². The summed E-state index contributed by atoms with van der Waals surface area (Å²) in [5.41, 5.74) is 7.87. The van der Waals surface area contributed by atoms with Gasteiger partial charge in [0.1, 0.15) is 11.4 Å². The highest BCUT2D eigenvalue weighted by atomic mass is 35.5. The zero-order valence-electron chi connectivity index (χ0n) is 13.1. The van der Waals surface area contributed by atoms with E-state index in [-0.39, 0.29) is 5.91 Å². The fraction of sp³-hybridized carbons (Fsp3) is 0.176. The maximum Gasteiger partial charge on any atom is 0.272 e. The van der Waals surface area contributed by atoms with E-state index in [4.69, 9.17) is 22.1 Å². The maximum atomic E-state index is 11.9. The van der Waals surface area contributed by atoms with E-state index >= 15 is 0 Å². The molecule has 0 radical (unpaired) electrons. The molecule has 2 rings (SSSR count). The number of amides is 1. The van der Waals surface area contributed by atoms with Crippen molar-refractivity contribution >= 4 is 23.2 Å². The van der Waals surface area contributed by atoms with Crippen LogP contribution in [0.25, 0.3) is 0 Å². The van der Waals surface area contributed by atoms with Gasteiger partial charge in [0.15, 0.2) is 0 Å². The first-order valence-corrected chi connectivity index (χ1v) is 7.13. The van der Waals surface area contributed by atoms with Gasteiger partial charge in [0.05, 0.1) is 12.7 Å². The standard InChI is InChI=1S/C17H16ClN3O2/c1-21(2)17(22)15-9-16(23-3)12(10-20-15)5-4-11-8-13(18)6-7-14(11)19/h6-10H,19H2,1-3H3. The van der Waals surface area contributed by atoms with Gasteiger partial charge in [-0.3, -0.25) is 4.79 Å². The Morgan fingerprint density at radius 1 is 1.26 bits per heavy atom. The SMILES string of the molecule is COc1cc(C(=O)N(C)C)ncc1C#Cc1cc(Cl)ccc1N. The van der Waals surface area contributed by atoms with E-state index in [1.165, 1.54) is 18.2 Å². The molecule has 2 N–H and O–H groups in total. The summed E-state index contributed by atoms with van der Waals surface area (Å²) in [6.45, 7) is 0. The lowest BCUT2D eigenvalue weighted by Gasteiger charge is -2.10. The highest BCUT2D eigenvalue weighted by Gasteiger charge is 2.12. The fourth-order valence-electron chi connectivity index (χ4n) is 1.82. The summed E-state index contributed by atoms with van der Waals surface area (Å²) >= 11 is 5.94. The molecule has 0 bridgehead atoms. The van der Waals surface area contributed by atoms with E-state index in [0.29, 0.717) is 33.3 Å². The van der Waals surface area contributed by atoms with Crippen LogP contribution < -0.4 is 10.5 Å². The maximum absolute atomic E-state index is 11.9. The lowest BCUT2D eigenvalue weighted by Crippen LogP contribution is -2.22. The summed E-state index contributed by atoms with van der Waals surface area (Å²) < 4.78 is 5.29. The number of ether oxygens (including phenoxy) is 1. The van der Waals surface area contributed by atoms with Crippen molar-refractivity contribution in [2.75, 3.05) is 26.9 Å². The van der Waals surface area contributed by atoms with E-state index in [0.717, 1.165) is 0 Å². The summed E-state index contributed by atoms with van der Waals surface area (Å²) in [6, 6.07) is 6.65. The lowest BCUT2D eigenvalue weighted by atomic mass is 10.1. The second-order valence-corrected chi connectivity index (χ2v) is 5.39. The van der Waals surface area contributed by atoms with Gasteiger partial charge in [-0.05, 0) is 18.2 Å². The number of carbonyl (C=O) groups excluding carboxylic acids is 1. The van der Waals surface area contributed by atoms with Gasteiger partial charge in [-0.15, -0.1) is 0 Å². The smallest absolute Gasteiger partial charge is 0.272 e. The minimum absolute atomic E-state index is 0.207. The molecule has 5 nitrogen and oxygen atoms in total. The molecule has 0 spiro atoms. The molecule has 1 aromatic carbocycles. The van der Waals surface area contributed by atoms with Crippen molar-refractivity contribution in [1.82, 2.24) is 9.88 Å². The van der Waals surface area contributed by atoms with Crippen molar-refractivity contribution in [2.45, 2.75) is 0 Å². The van der Waals surface area contributed by atoms with Gasteiger partial charge in [-0.2, -0.15) is 0 Å². The topological polar surface area (TPSA) is 68.5 Å². The Bertz CT molecular complexity index is 807. The Kier molecular flexibility index (Phi) is 5.09. The Morgan fingerprint density at radius 2 is 1.96 bits per heavy atom. The molecule has 23 heavy (non-hydrogen) atoms. The second-order valence-electron chi connectivity index (χ2n) is 4.95. The molecule has 0 atom stereocenters. The van der Waals surface area contributed by atoms with Crippen LogP contribution in [0, 0.1) is 11.8 Å². The van der Waals surface area contributed by atoms with Crippen LogP contribution >= 0.6 is 11.6 Å². The molecule has 0 unspecified atom stereocenters. The molecule has 0 fully saturated rings. The van der Waals surface area contributed by atoms with Crippen molar-refractivity contribution in [3.63, 3.8) is 0 Å². The van der Waals surface area contributed by atoms with Crippen LogP contribution in [0.1, 0.15) is 21.6 Å². The predicted octanol–water partition coefficient (Wildman–Crippen LogP) is 2.43. The number of hydrogen-bond donors (Lipinski definition) is 1. The third-order valence-electron chi connectivity index (χ3n) is 3.06. The van der Waals surface area contributed by atoms with E-state index < -0.39 is 0 Å². The molecule has 118 valence electrons. The number of halogens is 1. The van der Waals surface area contributed by atoms with Gasteiger partial charge in [0.2, 0.25) is 0 Å². The van der Waals surface area contributed by atoms with Gasteiger partial charge >= 0.3 is 0 Å². The summed E-state index contributed by atoms with van der Waals surface area (Å²) in [6.07, 6.45) is 1.50. The quantitative estimate of drug-likeness (QED) is 0.678. The molecule has 6 heteroatoms. The van der Waals surface area contributed by atoms with Gasteiger partial charge in [-0.1, -0.05) is 23.4 Å². The predicted molar refractivity (Wildman–Crippen MR) is 90.7 cm³/mol. The Labute approximate surface area is 140 Å². The molecular weight excluding hydrogens is 314 g/mol. The third-order valence-corrected chi connectivity index (χ3v) is 3.29. The number of pyridine rings is 1. The first-order chi connectivity index (χ1) is 10.9. The number of nitrogens with two attached hydrogens (primary N) is 1. The molecule has 0 saturated heterocycles. The minimum Gasteiger partial charge on any atom is -0.495 e. The Hall–Kier alpha value is -2.71. The molecule has 2 aromatic rings. The van der Waals surface area contributed by atoms with Crippen LogP contribution in [0.2, 0.25) is 5.02 Å². The Balaban J connectivity index is 2.40. The number of hydrogen-bond acceptors (Lipinski definition) is 4. The number of anilines is 1. The van der Waals surface area contributed by atoms with Crippen LogP contribution in [0.4, 0.5) is 5.69 Å². The summed E-state index contributed by atoms with van der Waals surface area (Å²) in [5, 5.41) is 0.556. The second kappa shape index (κ2) is 7.03. The van der Waals surface area contributed by atoms with Crippen LogP contribution in [0.3, 0.4) is 0 Å². The molecule has 1 heterocycles. The number of rotatable bonds is 2. The molecule has 0 aliphatic carbocycles. The highest BCUT2D eigenvalue weighted by Crippen LogP contribution is 2.20. The van der Waals surface area contributed by atoms with E-state index in [2.05, 4.69) is 16.8 Å². The summed E-state index contributed by atoms with van der Waals surface area (Å²) in [4.78, 5) is 17.5. The lowest BCUT2D eigenvalue weighted by molar-refractivity contribution is 0.0821. The minimum atomic E-state index is -0.207. The normalized spacial score (nSPS) is 9.74. The molecule has 0 saturated carbocycles. The highest BCUT2D eigenvalue weighted by molar-refractivity contribution is 6.30. The van der Waals surface area contributed by atoms with Gasteiger partial charge in [0, 0.05) is 42.6 Å². The number of aromatic nitrogens is 1. The van der Waals surface area contributed by atoms with Crippen molar-refractivity contribution in [2.24, 2.45) is 0 Å². The summed E-state index contributed by atoms with van der Waals surface area (Å²) in [5.74, 6) is 6.15. The van der Waals surface area contributed by atoms with Crippen LogP contribution in [-0.2, 0) is 0 Å². The van der Waals surface area contributed by atoms with Crippen LogP contribution in [0.5, 0.6) is 5.75 Å². The number of carbonyl (C=O) groups is 1. The van der Waals surface area contributed by atoms with Gasteiger partial charge in [-0.25, -0.2) is 4.98 Å². The molecule has 1 aromatic heterocycles. The van der Waals surface area contributed by atoms with Crippen molar-refractivity contribution in [3.05, 3.63) is 52.3 Å². The molecular formula is C17H16ClN3O2. The monoisotopic (exact) mass is 329 g/mol. The first-order valence-electron chi connectivity index (χ1n) is 6.75. The number of benzene rings is 1. The number of nitrogen functional groups attached to an aromatic ring is 1. The van der Waals surface area contributed by atoms with Crippen LogP contribution in [-0.4, -0.2) is 37.0 Å². The van der Waals surface area contributed by atoms with Crippen LogP contribution in [0.15, 0.2) is 30.5 Å². The molecule has 0 aliphatic rings. The average molecular weight is 330 g/mol. The molecule has 0 aliphatic heterocycles. The Morgan fingerprint density at radius 3 is 2.61 bits per heavy atom. The first kappa shape index (κ1) is 16.7. The van der Waals surface area contributed by atoms with Crippen molar-refractivity contribution in [1.29, 1.82) is 0 Å². The van der Waals surface area contributed by atoms with Crippen molar-refractivity contribution in [3.8, 4) is 17.6 Å². The summed E-state index contributed by atoms with van der Waals surface area (Å²) in [7, 11) is 4.83. The van der Waals surface area contributed by atoms with Gasteiger partial charge < -0.3 is 15.4 Å². The number of methoxy groups -OCH3 is 1. The van der Waals surface area contributed by atoms with Crippen molar-refractivity contribution < 1.29 is 9.53 Å². The average Bonchev–Trinajstić information content (AvgIpc) is 2.54.